The summed E-state index contributed by atoms with van der Waals surface area (Å²) in [5.41, 5.74) is 0.652. The third-order valence-corrected chi connectivity index (χ3v) is 5.22. The molecule has 0 spiro atoms. The predicted octanol–water partition coefficient (Wildman–Crippen LogP) is 2.81. The Balaban J connectivity index is 1.57. The molecule has 14 heavy (non-hydrogen) atoms. The van der Waals surface area contributed by atoms with Crippen molar-refractivity contribution >= 4 is 0 Å². The van der Waals surface area contributed by atoms with E-state index in [1.807, 2.05) is 0 Å². The van der Waals surface area contributed by atoms with Gasteiger partial charge >= 0.3 is 0 Å². The maximum atomic E-state index is 3.83. The third kappa shape index (κ3) is 1.32. The lowest BCUT2D eigenvalue weighted by Gasteiger charge is -2.60. The van der Waals surface area contributed by atoms with Crippen LogP contribution in [0.3, 0.4) is 0 Å². The minimum Gasteiger partial charge on any atom is -0.313 e. The Morgan fingerprint density at radius 1 is 1.14 bits per heavy atom. The first kappa shape index (κ1) is 9.21. The van der Waals surface area contributed by atoms with Crippen molar-refractivity contribution in [2.75, 3.05) is 6.54 Å². The zero-order chi connectivity index (χ0) is 9.76. The lowest BCUT2D eigenvalue weighted by molar-refractivity contribution is -0.0869. The van der Waals surface area contributed by atoms with Gasteiger partial charge in [0.15, 0.2) is 0 Å². The molecule has 0 heterocycles. The van der Waals surface area contributed by atoms with E-state index in [0.29, 0.717) is 5.41 Å². The minimum atomic E-state index is 0.652. The van der Waals surface area contributed by atoms with Crippen molar-refractivity contribution in [3.05, 3.63) is 0 Å². The van der Waals surface area contributed by atoms with Gasteiger partial charge in [0.1, 0.15) is 0 Å². The molecule has 4 aliphatic rings. The van der Waals surface area contributed by atoms with Gasteiger partial charge in [0.25, 0.3) is 0 Å². The Labute approximate surface area is 87.7 Å². The number of fused-ring (bicyclic) bond motifs is 2. The van der Waals surface area contributed by atoms with Gasteiger partial charge in [-0.15, -0.1) is 0 Å². The summed E-state index contributed by atoms with van der Waals surface area (Å²) in [5.74, 6) is 3.07. The Kier molecular flexibility index (Phi) is 1.96. The Hall–Kier alpha value is -0.0400. The van der Waals surface area contributed by atoms with E-state index in [9.17, 15) is 0 Å². The highest BCUT2D eigenvalue weighted by atomic mass is 14.9. The molecule has 1 nitrogen and oxygen atoms in total. The molecule has 1 heteroatoms. The van der Waals surface area contributed by atoms with Crippen LogP contribution < -0.4 is 5.32 Å². The highest BCUT2D eigenvalue weighted by Crippen LogP contribution is 2.59. The Bertz CT molecular complexity index is 227. The van der Waals surface area contributed by atoms with Crippen molar-refractivity contribution in [1.29, 1.82) is 0 Å². The first-order valence-corrected chi connectivity index (χ1v) is 6.41. The van der Waals surface area contributed by atoms with Crippen LogP contribution in [0.4, 0.5) is 0 Å². The first-order chi connectivity index (χ1) is 6.68. The van der Waals surface area contributed by atoms with Crippen LogP contribution in [0.5, 0.6) is 0 Å². The summed E-state index contributed by atoms with van der Waals surface area (Å²) < 4.78 is 0. The highest BCUT2D eigenvalue weighted by molar-refractivity contribution is 5.06. The van der Waals surface area contributed by atoms with Crippen LogP contribution in [0.1, 0.15) is 46.0 Å². The molecule has 0 aromatic carbocycles. The maximum Gasteiger partial charge on any atom is 0.0101 e. The van der Waals surface area contributed by atoms with Gasteiger partial charge in [0.2, 0.25) is 0 Å². The minimum absolute atomic E-state index is 0.652. The number of hydrogen-bond acceptors (Lipinski definition) is 1. The van der Waals surface area contributed by atoms with Crippen molar-refractivity contribution in [1.82, 2.24) is 5.32 Å². The van der Waals surface area contributed by atoms with Crippen LogP contribution >= 0.6 is 0 Å². The van der Waals surface area contributed by atoms with E-state index in [-0.39, 0.29) is 0 Å². The van der Waals surface area contributed by atoms with Gasteiger partial charge < -0.3 is 5.32 Å². The molecule has 0 radical (unpaired) electrons. The van der Waals surface area contributed by atoms with Crippen molar-refractivity contribution in [2.24, 2.45) is 23.2 Å². The van der Waals surface area contributed by atoms with Crippen LogP contribution in [0.25, 0.3) is 0 Å². The zero-order valence-corrected chi connectivity index (χ0v) is 9.55. The summed E-state index contributed by atoms with van der Waals surface area (Å²) in [4.78, 5) is 0. The van der Waals surface area contributed by atoms with Crippen LogP contribution in [-0.4, -0.2) is 12.6 Å². The van der Waals surface area contributed by atoms with Gasteiger partial charge in [0.05, 0.1) is 0 Å². The average Bonchev–Trinajstić information content (AvgIpc) is 2.98. The van der Waals surface area contributed by atoms with E-state index in [2.05, 4.69) is 19.2 Å². The normalized spacial score (nSPS) is 44.6. The summed E-state index contributed by atoms with van der Waals surface area (Å²) in [6, 6.07) is 0.857. The van der Waals surface area contributed by atoms with Crippen molar-refractivity contribution < 1.29 is 0 Å². The van der Waals surface area contributed by atoms with Crippen molar-refractivity contribution in [3.63, 3.8) is 0 Å². The van der Waals surface area contributed by atoms with E-state index in [1.54, 1.807) is 0 Å². The van der Waals surface area contributed by atoms with Crippen LogP contribution in [0.2, 0.25) is 0 Å². The predicted molar refractivity (Wildman–Crippen MR) is 59.1 cm³/mol. The second-order valence-electron chi connectivity index (χ2n) is 6.40. The van der Waals surface area contributed by atoms with Crippen LogP contribution in [0.15, 0.2) is 0 Å². The second-order valence-corrected chi connectivity index (χ2v) is 6.40. The van der Waals surface area contributed by atoms with Gasteiger partial charge in [-0.2, -0.15) is 0 Å². The molecule has 0 amide bonds. The molecule has 0 saturated heterocycles. The van der Waals surface area contributed by atoms with E-state index in [0.717, 1.165) is 23.8 Å². The molecule has 0 aromatic heterocycles. The summed E-state index contributed by atoms with van der Waals surface area (Å²) in [6.07, 6.45) is 7.40. The molecule has 80 valence electrons. The summed E-state index contributed by atoms with van der Waals surface area (Å²) in [5, 5.41) is 3.83. The largest absolute Gasteiger partial charge is 0.313 e. The molecular formula is C13H23N. The summed E-state index contributed by atoms with van der Waals surface area (Å²) in [6.45, 7) is 6.27. The molecule has 2 bridgehead atoms. The standard InChI is InChI=1S/C13H23N/c1-13(2)10-5-6-12(11(13)7-10)14-8-9-3-4-9/h9-12,14H,3-8H2,1-2H3. The zero-order valence-electron chi connectivity index (χ0n) is 9.55. The fourth-order valence-electron chi connectivity index (χ4n) is 3.70. The molecule has 0 aromatic rings. The smallest absolute Gasteiger partial charge is 0.0101 e. The Morgan fingerprint density at radius 3 is 2.50 bits per heavy atom. The number of hydrogen-bond donors (Lipinski definition) is 1. The molecule has 4 aliphatic carbocycles. The average molecular weight is 193 g/mol. The summed E-state index contributed by atoms with van der Waals surface area (Å²) >= 11 is 0. The molecule has 3 unspecified atom stereocenters. The lowest BCUT2D eigenvalue weighted by atomic mass is 9.47. The van der Waals surface area contributed by atoms with Crippen molar-refractivity contribution in [2.45, 2.75) is 52.0 Å². The SMILES string of the molecule is CC1(C)C2CCC(NCC3CC3)C1C2. The maximum absolute atomic E-state index is 3.83. The van der Waals surface area contributed by atoms with Gasteiger partial charge in [-0.05, 0) is 61.8 Å². The van der Waals surface area contributed by atoms with Gasteiger partial charge in [-0.25, -0.2) is 0 Å². The van der Waals surface area contributed by atoms with Crippen LogP contribution in [-0.2, 0) is 0 Å². The molecule has 3 atom stereocenters. The van der Waals surface area contributed by atoms with Crippen molar-refractivity contribution in [3.8, 4) is 0 Å². The van der Waals surface area contributed by atoms with E-state index < -0.39 is 0 Å². The molecule has 1 N–H and O–H groups in total. The first-order valence-electron chi connectivity index (χ1n) is 6.41. The molecule has 4 saturated carbocycles. The fraction of sp³-hybridized carbons (Fsp3) is 1.00. The Morgan fingerprint density at radius 2 is 1.93 bits per heavy atom. The fourth-order valence-corrected chi connectivity index (χ4v) is 3.70. The van der Waals surface area contributed by atoms with Gasteiger partial charge in [-0.1, -0.05) is 13.8 Å². The molecule has 4 fully saturated rings. The number of rotatable bonds is 3. The molecule has 4 rings (SSSR count). The van der Waals surface area contributed by atoms with E-state index >= 15 is 0 Å². The molecular weight excluding hydrogens is 170 g/mol. The summed E-state index contributed by atoms with van der Waals surface area (Å²) in [7, 11) is 0. The highest BCUT2D eigenvalue weighted by Gasteiger charge is 2.54. The van der Waals surface area contributed by atoms with Gasteiger partial charge in [-0.3, -0.25) is 0 Å². The topological polar surface area (TPSA) is 12.0 Å². The number of nitrogens with one attached hydrogen (secondary N) is 1. The van der Waals surface area contributed by atoms with Crippen LogP contribution in [0, 0.1) is 23.2 Å². The molecule has 0 aliphatic heterocycles. The second kappa shape index (κ2) is 2.98. The van der Waals surface area contributed by atoms with E-state index in [1.165, 1.54) is 38.6 Å². The quantitative estimate of drug-likeness (QED) is 0.727. The monoisotopic (exact) mass is 193 g/mol. The van der Waals surface area contributed by atoms with Gasteiger partial charge in [0, 0.05) is 6.04 Å². The van der Waals surface area contributed by atoms with E-state index in [4.69, 9.17) is 0 Å². The third-order valence-electron chi connectivity index (χ3n) is 5.22. The lowest BCUT2D eigenvalue weighted by Crippen LogP contribution is -2.59.